The summed E-state index contributed by atoms with van der Waals surface area (Å²) in [5.74, 6) is 0. The van der Waals surface area contributed by atoms with Crippen molar-refractivity contribution in [3.8, 4) is 0 Å². The quantitative estimate of drug-likeness (QED) is 0.178. The summed E-state index contributed by atoms with van der Waals surface area (Å²) >= 11 is 1.51. The molecule has 5 aromatic rings. The summed E-state index contributed by atoms with van der Waals surface area (Å²) in [4.78, 5) is 0. The standard InChI is InChI=1S/C21H25.C11H9.C8H8.Zr/c1-20(2,3)16-7-9-18-14(12-16)11-15-13-17(21(4,5)6)8-10-19(15)18;1-2-6-10(7-3-1)11-8-4-5-9-11;1-2-8-6-4-3-5-7-8;/h7-13H,1-6H3;1-3,6-9H,4H2;1,3-7H,2H2;/q2*-1;;+2. The molecule has 1 aliphatic rings. The Hall–Kier alpha value is -3.02. The first-order valence-electron chi connectivity index (χ1n) is 14.6. The van der Waals surface area contributed by atoms with Gasteiger partial charge in [-0.1, -0.05) is 107 Å². The second-order valence-electron chi connectivity index (χ2n) is 12.7. The second kappa shape index (κ2) is 13.8. The normalized spacial score (nSPS) is 12.8. The molecule has 0 nitrogen and oxygen atoms in total. The molecule has 0 bridgehead atoms. The van der Waals surface area contributed by atoms with Gasteiger partial charge < -0.3 is 0 Å². The van der Waals surface area contributed by atoms with Gasteiger partial charge in [0.2, 0.25) is 0 Å². The third-order valence-electron chi connectivity index (χ3n) is 7.42. The van der Waals surface area contributed by atoms with E-state index in [2.05, 4.69) is 154 Å². The predicted octanol–water partition coefficient (Wildman–Crippen LogP) is 10.7. The Balaban J connectivity index is 0.000000161. The van der Waals surface area contributed by atoms with Crippen LogP contribution in [0.1, 0.15) is 70.2 Å². The summed E-state index contributed by atoms with van der Waals surface area (Å²) in [5, 5.41) is 5.48. The number of hydrogen-bond acceptors (Lipinski definition) is 0. The van der Waals surface area contributed by atoms with E-state index in [1.54, 1.807) is 0 Å². The van der Waals surface area contributed by atoms with Crippen LogP contribution in [0.15, 0.2) is 115 Å². The van der Waals surface area contributed by atoms with Crippen LogP contribution in [0, 0.1) is 6.08 Å². The van der Waals surface area contributed by atoms with Crippen molar-refractivity contribution in [1.82, 2.24) is 0 Å². The van der Waals surface area contributed by atoms with Gasteiger partial charge >= 0.3 is 70.3 Å². The molecule has 0 atom stereocenters. The Morgan fingerprint density at radius 1 is 0.707 bits per heavy atom. The fraction of sp³-hybridized carbons (Fsp3) is 0.250. The Morgan fingerprint density at radius 2 is 1.22 bits per heavy atom. The van der Waals surface area contributed by atoms with Crippen LogP contribution in [0.25, 0.3) is 27.1 Å². The Bertz CT molecular complexity index is 1560. The number of hydrogen-bond donors (Lipinski definition) is 0. The Morgan fingerprint density at radius 3 is 1.66 bits per heavy atom. The molecule has 0 aromatic heterocycles. The van der Waals surface area contributed by atoms with E-state index in [-0.39, 0.29) is 10.8 Å². The molecular formula is C40H42Zr. The molecule has 6 rings (SSSR count). The Kier molecular flexibility index (Phi) is 10.4. The van der Waals surface area contributed by atoms with Crippen LogP contribution in [0.5, 0.6) is 0 Å². The molecule has 206 valence electrons. The first-order valence-corrected chi connectivity index (χ1v) is 16.0. The van der Waals surface area contributed by atoms with E-state index in [0.29, 0.717) is 0 Å². The summed E-state index contributed by atoms with van der Waals surface area (Å²) in [6, 6.07) is 37.1. The van der Waals surface area contributed by atoms with Crippen molar-refractivity contribution < 1.29 is 24.2 Å². The zero-order valence-electron chi connectivity index (χ0n) is 25.5. The van der Waals surface area contributed by atoms with Crippen LogP contribution in [-0.4, -0.2) is 3.71 Å². The molecule has 0 heterocycles. The van der Waals surface area contributed by atoms with Gasteiger partial charge in [-0.2, -0.15) is 11.6 Å². The van der Waals surface area contributed by atoms with Crippen LogP contribution in [0.2, 0.25) is 0 Å². The van der Waals surface area contributed by atoms with E-state index in [1.165, 1.54) is 73.6 Å². The zero-order chi connectivity index (χ0) is 29.5. The zero-order valence-corrected chi connectivity index (χ0v) is 27.9. The molecule has 0 radical (unpaired) electrons. The average molecular weight is 614 g/mol. The van der Waals surface area contributed by atoms with Gasteiger partial charge in [-0.25, -0.2) is 6.08 Å². The molecule has 0 saturated heterocycles. The average Bonchev–Trinajstić information content (AvgIpc) is 3.62. The van der Waals surface area contributed by atoms with Crippen LogP contribution >= 0.6 is 0 Å². The van der Waals surface area contributed by atoms with Crippen LogP contribution in [0.3, 0.4) is 0 Å². The summed E-state index contributed by atoms with van der Waals surface area (Å²) in [5.41, 5.74) is 7.21. The van der Waals surface area contributed by atoms with Crippen molar-refractivity contribution >= 4 is 30.8 Å². The third kappa shape index (κ3) is 8.50. The van der Waals surface area contributed by atoms with Gasteiger partial charge in [0.1, 0.15) is 0 Å². The van der Waals surface area contributed by atoms with E-state index in [9.17, 15) is 0 Å². The molecule has 0 spiro atoms. The molecule has 0 aliphatic heterocycles. The van der Waals surface area contributed by atoms with E-state index in [0.717, 1.165) is 12.8 Å². The number of rotatable bonds is 3. The molecule has 1 heteroatoms. The van der Waals surface area contributed by atoms with Crippen molar-refractivity contribution in [1.29, 1.82) is 0 Å². The van der Waals surface area contributed by atoms with Gasteiger partial charge in [-0.05, 0) is 10.8 Å². The topological polar surface area (TPSA) is 0 Å². The van der Waals surface area contributed by atoms with Gasteiger partial charge in [0.25, 0.3) is 0 Å². The van der Waals surface area contributed by atoms with E-state index >= 15 is 0 Å². The van der Waals surface area contributed by atoms with E-state index in [4.69, 9.17) is 0 Å². The van der Waals surface area contributed by atoms with Crippen molar-refractivity contribution in [2.24, 2.45) is 0 Å². The number of allylic oxidation sites excluding steroid dienone is 4. The fourth-order valence-electron chi connectivity index (χ4n) is 4.92. The molecule has 0 N–H and O–H groups in total. The third-order valence-corrected chi connectivity index (χ3v) is 7.92. The molecule has 0 unspecified atom stereocenters. The summed E-state index contributed by atoms with van der Waals surface area (Å²) in [6.45, 7) is 13.6. The molecule has 0 fully saturated rings. The van der Waals surface area contributed by atoms with Gasteiger partial charge in [0.05, 0.1) is 0 Å². The van der Waals surface area contributed by atoms with Gasteiger partial charge in [-0.15, -0.1) is 51.7 Å². The van der Waals surface area contributed by atoms with Crippen molar-refractivity contribution in [2.75, 3.05) is 0 Å². The van der Waals surface area contributed by atoms with Crippen molar-refractivity contribution in [3.63, 3.8) is 0 Å². The maximum atomic E-state index is 3.15. The van der Waals surface area contributed by atoms with Gasteiger partial charge in [0, 0.05) is 0 Å². The van der Waals surface area contributed by atoms with E-state index < -0.39 is 0 Å². The summed E-state index contributed by atoms with van der Waals surface area (Å²) < 4.78 is 2.25. The van der Waals surface area contributed by atoms with Crippen molar-refractivity contribution in [3.05, 3.63) is 144 Å². The van der Waals surface area contributed by atoms with Gasteiger partial charge in [0.15, 0.2) is 0 Å². The summed E-state index contributed by atoms with van der Waals surface area (Å²) in [6.07, 6.45) is 9.48. The maximum absolute atomic E-state index is 3.15. The number of benzene rings is 4. The van der Waals surface area contributed by atoms with Crippen LogP contribution in [-0.2, 0) is 41.5 Å². The Labute approximate surface area is 262 Å². The molecule has 41 heavy (non-hydrogen) atoms. The van der Waals surface area contributed by atoms with Gasteiger partial charge in [-0.3, -0.25) is 6.08 Å². The SMILES string of the molecule is CC(C)(C)c1ccc2c(c1)[cH-]c1cc(C(C)(C)C)ccc12.[C-]1=CC(c2ccccc2)=CC1.[Zr+2]=[CH]Cc1ccccc1. The molecule has 0 saturated carbocycles. The fourth-order valence-corrected chi connectivity index (χ4v) is 5.50. The first kappa shape index (κ1) is 30.9. The second-order valence-corrected chi connectivity index (χ2v) is 13.7. The monoisotopic (exact) mass is 612 g/mol. The molecule has 5 aromatic carbocycles. The molecule has 0 amide bonds. The van der Waals surface area contributed by atoms with Crippen LogP contribution in [0.4, 0.5) is 0 Å². The molecular weight excluding hydrogens is 572 g/mol. The predicted molar refractivity (Wildman–Crippen MR) is 178 cm³/mol. The minimum atomic E-state index is 0.203. The van der Waals surface area contributed by atoms with Crippen LogP contribution < -0.4 is 0 Å². The van der Waals surface area contributed by atoms with E-state index in [1.807, 2.05) is 12.1 Å². The first-order chi connectivity index (χ1) is 19.6. The summed E-state index contributed by atoms with van der Waals surface area (Å²) in [7, 11) is 0. The minimum absolute atomic E-state index is 0.203. The van der Waals surface area contributed by atoms with Crippen molar-refractivity contribution in [2.45, 2.75) is 65.2 Å². The molecule has 1 aliphatic carbocycles. The number of fused-ring (bicyclic) bond motifs is 3.